The van der Waals surface area contributed by atoms with Crippen LogP contribution in [0.2, 0.25) is 5.02 Å². The van der Waals surface area contributed by atoms with Crippen LogP contribution >= 0.6 is 27.5 Å². The van der Waals surface area contributed by atoms with Crippen LogP contribution in [0.15, 0.2) is 53.0 Å². The van der Waals surface area contributed by atoms with Crippen molar-refractivity contribution in [3.05, 3.63) is 63.6 Å². The van der Waals surface area contributed by atoms with Crippen molar-refractivity contribution in [3.63, 3.8) is 0 Å². The number of carbonyl (C=O) groups is 2. The molecule has 2 atom stereocenters. The molecule has 2 aromatic carbocycles. The second kappa shape index (κ2) is 12.6. The summed E-state index contributed by atoms with van der Waals surface area (Å²) in [6, 6.07) is 12.9. The molecular weight excluding hydrogens is 542 g/mol. The van der Waals surface area contributed by atoms with E-state index in [1.165, 1.54) is 4.90 Å². The lowest BCUT2D eigenvalue weighted by atomic mass is 10.1. The number of benzene rings is 2. The van der Waals surface area contributed by atoms with Crippen LogP contribution in [0, 0.1) is 0 Å². The molecule has 0 fully saturated rings. The maximum atomic E-state index is 13.6. The van der Waals surface area contributed by atoms with Gasteiger partial charge < -0.3 is 10.2 Å². The van der Waals surface area contributed by atoms with Gasteiger partial charge in [0.1, 0.15) is 12.6 Å². The number of nitrogens with one attached hydrogen (secondary N) is 1. The SMILES string of the molecule is CC[C@H](C(=O)N[C@@H](C)CC)N(Cc1ccc(Cl)cc1)C(=O)CN(c1ccccc1Br)S(C)(=O)=O. The number of para-hydroxylation sites is 1. The van der Waals surface area contributed by atoms with E-state index in [4.69, 9.17) is 11.6 Å². The predicted molar refractivity (Wildman–Crippen MR) is 140 cm³/mol. The lowest BCUT2D eigenvalue weighted by Gasteiger charge is -2.33. The number of hydrogen-bond acceptors (Lipinski definition) is 4. The van der Waals surface area contributed by atoms with E-state index in [0.29, 0.717) is 21.6 Å². The largest absolute Gasteiger partial charge is 0.352 e. The van der Waals surface area contributed by atoms with E-state index in [1.807, 2.05) is 20.8 Å². The van der Waals surface area contributed by atoms with Crippen LogP contribution in [0.1, 0.15) is 39.2 Å². The molecule has 0 aliphatic rings. The van der Waals surface area contributed by atoms with Gasteiger partial charge in [-0.3, -0.25) is 13.9 Å². The quantitative estimate of drug-likeness (QED) is 0.427. The lowest BCUT2D eigenvalue weighted by molar-refractivity contribution is -0.140. The van der Waals surface area contributed by atoms with E-state index in [2.05, 4.69) is 21.2 Å². The number of anilines is 1. The molecule has 34 heavy (non-hydrogen) atoms. The summed E-state index contributed by atoms with van der Waals surface area (Å²) < 4.78 is 26.9. The zero-order valence-electron chi connectivity index (χ0n) is 19.8. The van der Waals surface area contributed by atoms with Crippen molar-refractivity contribution in [1.82, 2.24) is 10.2 Å². The summed E-state index contributed by atoms with van der Waals surface area (Å²) in [6.07, 6.45) is 2.17. The average molecular weight is 573 g/mol. The molecule has 7 nitrogen and oxygen atoms in total. The molecule has 10 heteroatoms. The molecule has 1 N–H and O–H groups in total. The van der Waals surface area contributed by atoms with Gasteiger partial charge in [0, 0.05) is 22.1 Å². The Bertz CT molecular complexity index is 1100. The van der Waals surface area contributed by atoms with Gasteiger partial charge >= 0.3 is 0 Å². The summed E-state index contributed by atoms with van der Waals surface area (Å²) in [5, 5.41) is 3.50. The highest BCUT2D eigenvalue weighted by Gasteiger charge is 2.32. The number of sulfonamides is 1. The van der Waals surface area contributed by atoms with Gasteiger partial charge in [-0.2, -0.15) is 0 Å². The van der Waals surface area contributed by atoms with E-state index < -0.39 is 28.5 Å². The predicted octanol–water partition coefficient (Wildman–Crippen LogP) is 4.59. The fourth-order valence-corrected chi connectivity index (χ4v) is 5.00. The zero-order valence-corrected chi connectivity index (χ0v) is 23.0. The average Bonchev–Trinajstić information content (AvgIpc) is 2.78. The molecule has 2 amide bonds. The maximum absolute atomic E-state index is 13.6. The minimum atomic E-state index is -3.79. The van der Waals surface area contributed by atoms with Crippen molar-refractivity contribution in [2.75, 3.05) is 17.1 Å². The summed E-state index contributed by atoms with van der Waals surface area (Å²) in [5.41, 5.74) is 1.13. The van der Waals surface area contributed by atoms with Gasteiger partial charge in [0.25, 0.3) is 0 Å². The van der Waals surface area contributed by atoms with Crippen molar-refractivity contribution >= 4 is 55.1 Å². The minimum Gasteiger partial charge on any atom is -0.352 e. The van der Waals surface area contributed by atoms with E-state index in [9.17, 15) is 18.0 Å². The van der Waals surface area contributed by atoms with Crippen molar-refractivity contribution in [3.8, 4) is 0 Å². The van der Waals surface area contributed by atoms with Crippen LogP contribution in [0.5, 0.6) is 0 Å². The first-order valence-electron chi connectivity index (χ1n) is 11.0. The molecule has 0 heterocycles. The molecule has 0 aromatic heterocycles. The van der Waals surface area contributed by atoms with Crippen LogP contribution in [0.3, 0.4) is 0 Å². The first kappa shape index (κ1) is 28.1. The highest BCUT2D eigenvalue weighted by molar-refractivity contribution is 9.10. The fourth-order valence-electron chi connectivity index (χ4n) is 3.40. The third kappa shape index (κ3) is 7.71. The number of hydrogen-bond donors (Lipinski definition) is 1. The normalized spacial score (nSPS) is 13.1. The summed E-state index contributed by atoms with van der Waals surface area (Å²) in [6.45, 7) is 5.38. The molecule has 0 spiro atoms. The molecule has 0 saturated heterocycles. The van der Waals surface area contributed by atoms with Crippen molar-refractivity contribution < 1.29 is 18.0 Å². The molecule has 0 bridgehead atoms. The Kier molecular flexibility index (Phi) is 10.4. The summed E-state index contributed by atoms with van der Waals surface area (Å²) in [4.78, 5) is 28.1. The van der Waals surface area contributed by atoms with Crippen molar-refractivity contribution in [2.45, 2.75) is 52.2 Å². The van der Waals surface area contributed by atoms with Gasteiger partial charge in [0.05, 0.1) is 11.9 Å². The summed E-state index contributed by atoms with van der Waals surface area (Å²) >= 11 is 9.37. The number of halogens is 2. The topological polar surface area (TPSA) is 86.8 Å². The van der Waals surface area contributed by atoms with E-state index in [-0.39, 0.29) is 18.5 Å². The second-order valence-corrected chi connectivity index (χ2v) is 11.3. The molecule has 0 unspecified atom stereocenters. The minimum absolute atomic E-state index is 0.0539. The van der Waals surface area contributed by atoms with Gasteiger partial charge in [0.15, 0.2) is 0 Å². The molecule has 186 valence electrons. The Morgan fingerprint density at radius 3 is 2.21 bits per heavy atom. The van der Waals surface area contributed by atoms with Crippen LogP contribution in [-0.4, -0.2) is 50.0 Å². The summed E-state index contributed by atoms with van der Waals surface area (Å²) in [5.74, 6) is -0.756. The molecule has 0 aliphatic carbocycles. The highest BCUT2D eigenvalue weighted by atomic mass is 79.9. The van der Waals surface area contributed by atoms with Crippen molar-refractivity contribution in [1.29, 1.82) is 0 Å². The van der Waals surface area contributed by atoms with E-state index >= 15 is 0 Å². The zero-order chi connectivity index (χ0) is 25.5. The Labute approximate surface area is 215 Å². The van der Waals surface area contributed by atoms with E-state index in [1.54, 1.807) is 48.5 Å². The number of carbonyl (C=O) groups excluding carboxylic acids is 2. The third-order valence-corrected chi connectivity index (χ3v) is 7.50. The third-order valence-electron chi connectivity index (χ3n) is 5.45. The molecule has 0 radical (unpaired) electrons. The van der Waals surface area contributed by atoms with Gasteiger partial charge in [-0.05, 0) is 65.5 Å². The summed E-state index contributed by atoms with van der Waals surface area (Å²) in [7, 11) is -3.79. The van der Waals surface area contributed by atoms with Crippen LogP contribution < -0.4 is 9.62 Å². The molecule has 0 aliphatic heterocycles. The lowest BCUT2D eigenvalue weighted by Crippen LogP contribution is -2.53. The first-order chi connectivity index (χ1) is 16.0. The molecular formula is C24H31BrClN3O4S. The smallest absolute Gasteiger partial charge is 0.244 e. The standard InChI is InChI=1S/C24H31BrClN3O4S/c1-5-17(3)27-24(31)21(6-2)28(15-18-11-13-19(26)14-12-18)23(30)16-29(34(4,32)33)22-10-8-7-9-20(22)25/h7-14,17,21H,5-6,15-16H2,1-4H3,(H,27,31)/t17-,21+/m0/s1. The van der Waals surface area contributed by atoms with Gasteiger partial charge in [-0.25, -0.2) is 8.42 Å². The number of amides is 2. The number of rotatable bonds is 11. The molecule has 2 rings (SSSR count). The van der Waals surface area contributed by atoms with E-state index in [0.717, 1.165) is 22.5 Å². The Morgan fingerprint density at radius 2 is 1.68 bits per heavy atom. The van der Waals surface area contributed by atoms with Crippen molar-refractivity contribution in [2.24, 2.45) is 0 Å². The Balaban J connectivity index is 2.44. The number of nitrogens with zero attached hydrogens (tertiary/aromatic N) is 2. The van der Waals surface area contributed by atoms with Gasteiger partial charge in [-0.1, -0.05) is 49.7 Å². The van der Waals surface area contributed by atoms with Gasteiger partial charge in [-0.15, -0.1) is 0 Å². The first-order valence-corrected chi connectivity index (χ1v) is 14.1. The molecule has 0 saturated carbocycles. The van der Waals surface area contributed by atoms with Crippen LogP contribution in [0.25, 0.3) is 0 Å². The Morgan fingerprint density at radius 1 is 1.06 bits per heavy atom. The molecule has 2 aromatic rings. The van der Waals surface area contributed by atoms with Gasteiger partial charge in [0.2, 0.25) is 21.8 Å². The maximum Gasteiger partial charge on any atom is 0.244 e. The Hall–Kier alpha value is -2.10. The van der Waals surface area contributed by atoms with Crippen LogP contribution in [-0.2, 0) is 26.2 Å². The van der Waals surface area contributed by atoms with Crippen LogP contribution in [0.4, 0.5) is 5.69 Å². The second-order valence-electron chi connectivity index (χ2n) is 8.11. The fraction of sp³-hybridized carbons (Fsp3) is 0.417. The monoisotopic (exact) mass is 571 g/mol. The highest BCUT2D eigenvalue weighted by Crippen LogP contribution is 2.28.